The van der Waals surface area contributed by atoms with Gasteiger partial charge in [0.15, 0.2) is 0 Å². The SMILES string of the molecule is CSCCC(NC(=O)c1ccc(CNC(C)C)cc1)C(=O)NCC(=O)NC(CCCCNC(=O)NCCCCCC(=O)C(C)C)C(=O)O.Cc1ccccc1. The number of thioether (sulfide) groups is 1. The van der Waals surface area contributed by atoms with Gasteiger partial charge in [0, 0.05) is 43.6 Å². The summed E-state index contributed by atoms with van der Waals surface area (Å²) in [6.45, 7) is 11.0. The van der Waals surface area contributed by atoms with Gasteiger partial charge < -0.3 is 37.0 Å². The topological polar surface area (TPSA) is 195 Å². The van der Waals surface area contributed by atoms with Crippen molar-refractivity contribution < 1.29 is 33.9 Å². The first-order valence-corrected chi connectivity index (χ1v) is 20.6. The van der Waals surface area contributed by atoms with E-state index in [1.54, 1.807) is 12.1 Å². The van der Waals surface area contributed by atoms with E-state index in [-0.39, 0.29) is 24.2 Å². The van der Waals surface area contributed by atoms with Crippen molar-refractivity contribution in [3.8, 4) is 0 Å². The number of carboxylic acid groups (broad SMARTS) is 1. The highest BCUT2D eigenvalue weighted by Crippen LogP contribution is 2.08. The number of carbonyl (C=O) groups is 6. The van der Waals surface area contributed by atoms with Gasteiger partial charge in [0.2, 0.25) is 11.8 Å². The molecule has 2 rings (SSSR count). The number of nitrogens with one attached hydrogen (secondary N) is 6. The van der Waals surface area contributed by atoms with Crippen LogP contribution in [-0.4, -0.2) is 90.4 Å². The largest absolute Gasteiger partial charge is 0.480 e. The maximum atomic E-state index is 12.9. The molecule has 0 heterocycles. The lowest BCUT2D eigenvalue weighted by atomic mass is 10.0. The first kappa shape index (κ1) is 48.6. The van der Waals surface area contributed by atoms with E-state index in [1.165, 1.54) is 17.3 Å². The van der Waals surface area contributed by atoms with E-state index >= 15 is 0 Å². The van der Waals surface area contributed by atoms with E-state index in [4.69, 9.17) is 0 Å². The molecule has 5 amide bonds. The molecule has 306 valence electrons. The molecule has 55 heavy (non-hydrogen) atoms. The molecule has 0 aromatic heterocycles. The fraction of sp³-hybridized carbons (Fsp3) is 0.561. The molecule has 2 aromatic carbocycles. The van der Waals surface area contributed by atoms with Crippen molar-refractivity contribution in [2.75, 3.05) is 31.6 Å². The molecular weight excluding hydrogens is 721 g/mol. The summed E-state index contributed by atoms with van der Waals surface area (Å²) in [5, 5.41) is 26.0. The van der Waals surface area contributed by atoms with Crippen molar-refractivity contribution in [1.29, 1.82) is 0 Å². The second kappa shape index (κ2) is 28.9. The number of rotatable bonds is 25. The van der Waals surface area contributed by atoms with Crippen molar-refractivity contribution in [1.82, 2.24) is 31.9 Å². The number of aryl methyl sites for hydroxylation is 1. The zero-order valence-electron chi connectivity index (χ0n) is 33.5. The third-order valence-corrected chi connectivity index (χ3v) is 9.04. The lowest BCUT2D eigenvalue weighted by Gasteiger charge is -2.19. The minimum Gasteiger partial charge on any atom is -0.480 e. The maximum Gasteiger partial charge on any atom is 0.326 e. The molecule has 0 saturated carbocycles. The summed E-state index contributed by atoms with van der Waals surface area (Å²) in [6, 6.07) is 15.3. The average Bonchev–Trinajstić information content (AvgIpc) is 3.15. The average molecular weight is 785 g/mol. The van der Waals surface area contributed by atoms with Crippen LogP contribution in [0.5, 0.6) is 0 Å². The third-order valence-electron chi connectivity index (χ3n) is 8.39. The highest BCUT2D eigenvalue weighted by atomic mass is 32.2. The molecule has 2 aromatic rings. The zero-order valence-corrected chi connectivity index (χ0v) is 34.3. The van der Waals surface area contributed by atoms with Crippen LogP contribution >= 0.6 is 11.8 Å². The van der Waals surface area contributed by atoms with Crippen molar-refractivity contribution in [2.45, 2.75) is 111 Å². The molecule has 0 aliphatic carbocycles. The van der Waals surface area contributed by atoms with E-state index in [9.17, 15) is 33.9 Å². The highest BCUT2D eigenvalue weighted by molar-refractivity contribution is 7.98. The lowest BCUT2D eigenvalue weighted by Crippen LogP contribution is -2.51. The van der Waals surface area contributed by atoms with E-state index in [0.29, 0.717) is 62.7 Å². The van der Waals surface area contributed by atoms with Crippen LogP contribution in [0.15, 0.2) is 54.6 Å². The number of aliphatic carboxylic acids is 1. The number of unbranched alkanes of at least 4 members (excludes halogenated alkanes) is 3. The predicted molar refractivity (Wildman–Crippen MR) is 220 cm³/mol. The molecule has 0 radical (unpaired) electrons. The van der Waals surface area contributed by atoms with Gasteiger partial charge in [-0.05, 0) is 75.2 Å². The van der Waals surface area contributed by atoms with Gasteiger partial charge in [0.1, 0.15) is 17.9 Å². The smallest absolute Gasteiger partial charge is 0.326 e. The number of carbonyl (C=O) groups excluding carboxylic acids is 5. The Balaban J connectivity index is 0.00000193. The van der Waals surface area contributed by atoms with Crippen LogP contribution in [-0.2, 0) is 25.7 Å². The second-order valence-electron chi connectivity index (χ2n) is 14.0. The summed E-state index contributed by atoms with van der Waals surface area (Å²) < 4.78 is 0. The quantitative estimate of drug-likeness (QED) is 0.0681. The summed E-state index contributed by atoms with van der Waals surface area (Å²) in [6.07, 6.45) is 6.31. The Labute approximate surface area is 331 Å². The third kappa shape index (κ3) is 23.9. The molecule has 0 fully saturated rings. The fourth-order valence-corrected chi connectivity index (χ4v) is 5.47. The summed E-state index contributed by atoms with van der Waals surface area (Å²) in [5.74, 6) is -1.92. The van der Waals surface area contributed by atoms with Gasteiger partial charge in [-0.1, -0.05) is 82.1 Å². The number of carboxylic acids is 1. The van der Waals surface area contributed by atoms with E-state index < -0.39 is 42.3 Å². The molecule has 0 spiro atoms. The Morgan fingerprint density at radius 3 is 1.91 bits per heavy atom. The number of urea groups is 1. The van der Waals surface area contributed by atoms with Crippen LogP contribution in [0.3, 0.4) is 0 Å². The predicted octanol–water partition coefficient (Wildman–Crippen LogP) is 4.97. The Bertz CT molecular complexity index is 1440. The molecule has 0 aliphatic heterocycles. The number of hydrogen-bond acceptors (Lipinski definition) is 8. The highest BCUT2D eigenvalue weighted by Gasteiger charge is 2.24. The lowest BCUT2D eigenvalue weighted by molar-refractivity contribution is -0.142. The van der Waals surface area contributed by atoms with Crippen LogP contribution < -0.4 is 31.9 Å². The van der Waals surface area contributed by atoms with Crippen LogP contribution in [0.1, 0.15) is 101 Å². The molecule has 2 atom stereocenters. The maximum absolute atomic E-state index is 12.9. The van der Waals surface area contributed by atoms with Crippen molar-refractivity contribution >= 4 is 47.3 Å². The van der Waals surface area contributed by atoms with Gasteiger partial charge in [-0.15, -0.1) is 0 Å². The van der Waals surface area contributed by atoms with Gasteiger partial charge in [-0.3, -0.25) is 19.2 Å². The Morgan fingerprint density at radius 1 is 0.727 bits per heavy atom. The molecular formula is C41H64N6O7S. The standard InChI is InChI=1S/C34H56N6O7S.C7H8/c1-23(2)29(41)12-7-6-9-18-35-34(47)36-19-10-8-11-28(33(45)46)39-30(42)22-38-32(44)27(17-20-48-5)40-31(43)26-15-13-25(14-16-26)21-37-24(3)4;1-7-5-3-2-4-6-7/h13-16,23-24,27-28,37H,6-12,17-22H2,1-5H3,(H,38,44)(H,39,42)(H,40,43)(H,45,46)(H2,35,36,47);2-6H,1H3. The second-order valence-corrected chi connectivity index (χ2v) is 15.0. The molecule has 0 aliphatic rings. The van der Waals surface area contributed by atoms with Crippen LogP contribution in [0.25, 0.3) is 0 Å². The van der Waals surface area contributed by atoms with Gasteiger partial charge in [-0.2, -0.15) is 11.8 Å². The zero-order chi connectivity index (χ0) is 41.0. The van der Waals surface area contributed by atoms with Crippen molar-refractivity contribution in [3.05, 3.63) is 71.3 Å². The molecule has 13 nitrogen and oxygen atoms in total. The minimum absolute atomic E-state index is 0.0471. The fourth-order valence-electron chi connectivity index (χ4n) is 5.00. The van der Waals surface area contributed by atoms with Crippen molar-refractivity contribution in [2.24, 2.45) is 5.92 Å². The first-order valence-electron chi connectivity index (χ1n) is 19.2. The van der Waals surface area contributed by atoms with Crippen LogP contribution in [0.4, 0.5) is 4.79 Å². The minimum atomic E-state index is -1.20. The van der Waals surface area contributed by atoms with Crippen molar-refractivity contribution in [3.63, 3.8) is 0 Å². The number of benzene rings is 2. The van der Waals surface area contributed by atoms with Gasteiger partial charge >= 0.3 is 12.0 Å². The van der Waals surface area contributed by atoms with E-state index in [0.717, 1.165) is 24.8 Å². The molecule has 2 unspecified atom stereocenters. The monoisotopic (exact) mass is 784 g/mol. The van der Waals surface area contributed by atoms with Gasteiger partial charge in [0.05, 0.1) is 6.54 Å². The molecule has 0 saturated heterocycles. The first-order chi connectivity index (χ1) is 26.2. The summed E-state index contributed by atoms with van der Waals surface area (Å²) in [5.41, 5.74) is 2.76. The number of Topliss-reactive ketones (excluding diaryl/α,β-unsaturated/α-hetero) is 1. The Hall–Kier alpha value is -4.43. The normalized spacial score (nSPS) is 11.8. The Kier molecular flexibility index (Phi) is 25.6. The Morgan fingerprint density at radius 2 is 1.36 bits per heavy atom. The number of amides is 5. The van der Waals surface area contributed by atoms with Gasteiger partial charge in [-0.25, -0.2) is 9.59 Å². The molecule has 0 bridgehead atoms. The summed E-state index contributed by atoms with van der Waals surface area (Å²) >= 11 is 1.52. The van der Waals surface area contributed by atoms with Gasteiger partial charge in [0.25, 0.3) is 5.91 Å². The number of hydrogen-bond donors (Lipinski definition) is 7. The van der Waals surface area contributed by atoms with Crippen LogP contribution in [0, 0.1) is 12.8 Å². The number of ketones is 1. The van der Waals surface area contributed by atoms with E-state index in [1.807, 2.05) is 64.3 Å². The van der Waals surface area contributed by atoms with E-state index in [2.05, 4.69) is 51.0 Å². The molecule has 7 N–H and O–H groups in total. The van der Waals surface area contributed by atoms with Crippen LogP contribution in [0.2, 0.25) is 0 Å². The summed E-state index contributed by atoms with van der Waals surface area (Å²) in [7, 11) is 0. The summed E-state index contributed by atoms with van der Waals surface area (Å²) in [4.78, 5) is 73.6. The molecule has 14 heteroatoms.